The van der Waals surface area contributed by atoms with Crippen molar-refractivity contribution < 1.29 is 4.74 Å². The van der Waals surface area contributed by atoms with Crippen LogP contribution in [0.5, 0.6) is 5.75 Å². The van der Waals surface area contributed by atoms with Gasteiger partial charge in [0.2, 0.25) is 0 Å². The molecule has 2 aromatic rings. The number of hydrogen-bond donors (Lipinski definition) is 0. The first-order chi connectivity index (χ1) is 9.26. The molecule has 0 heterocycles. The fourth-order valence-corrected chi connectivity index (χ4v) is 2.79. The maximum Gasteiger partial charge on any atom is 0.118 e. The van der Waals surface area contributed by atoms with Crippen molar-refractivity contribution in [3.63, 3.8) is 0 Å². The molecule has 0 saturated heterocycles. The van der Waals surface area contributed by atoms with Gasteiger partial charge >= 0.3 is 0 Å². The number of rotatable bonds is 4. The monoisotopic (exact) mass is 269 g/mol. The molecule has 3 heteroatoms. The molecule has 2 rings (SSSR count). The van der Waals surface area contributed by atoms with Gasteiger partial charge in [0.05, 0.1) is 18.7 Å². The molecule has 0 atom stereocenters. The SMILES string of the molecule is CCc1cc(C#N)ccc1Sc1ccc(OC)cc1. The molecular formula is C16H15NOS. The van der Waals surface area contributed by atoms with Gasteiger partial charge in [-0.25, -0.2) is 0 Å². The molecule has 0 aliphatic carbocycles. The maximum atomic E-state index is 8.93. The van der Waals surface area contributed by atoms with Crippen molar-refractivity contribution in [3.05, 3.63) is 53.6 Å². The molecule has 0 fully saturated rings. The minimum atomic E-state index is 0.718. The summed E-state index contributed by atoms with van der Waals surface area (Å²) in [6, 6.07) is 16.0. The molecule has 0 aliphatic rings. The summed E-state index contributed by atoms with van der Waals surface area (Å²) in [5.41, 5.74) is 1.93. The second-order valence-corrected chi connectivity index (χ2v) is 5.18. The topological polar surface area (TPSA) is 33.0 Å². The Bertz CT molecular complexity index is 599. The second kappa shape index (κ2) is 6.31. The van der Waals surface area contributed by atoms with Crippen LogP contribution in [-0.2, 0) is 6.42 Å². The summed E-state index contributed by atoms with van der Waals surface area (Å²) in [4.78, 5) is 2.37. The molecule has 0 radical (unpaired) electrons. The van der Waals surface area contributed by atoms with Gasteiger partial charge in [0.15, 0.2) is 0 Å². The summed E-state index contributed by atoms with van der Waals surface area (Å²) >= 11 is 1.71. The highest BCUT2D eigenvalue weighted by Crippen LogP contribution is 2.32. The van der Waals surface area contributed by atoms with Gasteiger partial charge < -0.3 is 4.74 Å². The number of methoxy groups -OCH3 is 1. The fourth-order valence-electron chi connectivity index (χ4n) is 1.80. The van der Waals surface area contributed by atoms with Crippen molar-refractivity contribution >= 4 is 11.8 Å². The van der Waals surface area contributed by atoms with Gasteiger partial charge in [0, 0.05) is 9.79 Å². The number of benzene rings is 2. The lowest BCUT2D eigenvalue weighted by Crippen LogP contribution is -1.87. The Morgan fingerprint density at radius 2 is 1.89 bits per heavy atom. The molecule has 0 N–H and O–H groups in total. The Kier molecular flexibility index (Phi) is 4.48. The molecule has 19 heavy (non-hydrogen) atoms. The summed E-state index contributed by atoms with van der Waals surface area (Å²) in [5, 5.41) is 8.93. The van der Waals surface area contributed by atoms with Gasteiger partial charge in [0.25, 0.3) is 0 Å². The van der Waals surface area contributed by atoms with Crippen LogP contribution in [0.25, 0.3) is 0 Å². The van der Waals surface area contributed by atoms with Crippen LogP contribution in [0.3, 0.4) is 0 Å². The van der Waals surface area contributed by atoms with Gasteiger partial charge in [-0.1, -0.05) is 18.7 Å². The van der Waals surface area contributed by atoms with Crippen LogP contribution in [0.2, 0.25) is 0 Å². The molecule has 2 aromatic carbocycles. The van der Waals surface area contributed by atoms with E-state index in [1.807, 2.05) is 42.5 Å². The van der Waals surface area contributed by atoms with Gasteiger partial charge in [-0.15, -0.1) is 0 Å². The predicted molar refractivity (Wildman–Crippen MR) is 77.7 cm³/mol. The van der Waals surface area contributed by atoms with Gasteiger partial charge in [0.1, 0.15) is 5.75 Å². The van der Waals surface area contributed by atoms with E-state index in [2.05, 4.69) is 13.0 Å². The summed E-state index contributed by atoms with van der Waals surface area (Å²) < 4.78 is 5.15. The van der Waals surface area contributed by atoms with Crippen LogP contribution < -0.4 is 4.74 Å². The summed E-state index contributed by atoms with van der Waals surface area (Å²) in [6.45, 7) is 2.11. The lowest BCUT2D eigenvalue weighted by Gasteiger charge is -2.08. The third-order valence-corrected chi connectivity index (χ3v) is 3.98. The summed E-state index contributed by atoms with van der Waals surface area (Å²) in [7, 11) is 1.66. The summed E-state index contributed by atoms with van der Waals surface area (Å²) in [5.74, 6) is 0.861. The van der Waals surface area contributed by atoms with E-state index in [9.17, 15) is 0 Å². The Morgan fingerprint density at radius 1 is 1.16 bits per heavy atom. The highest BCUT2D eigenvalue weighted by Gasteiger charge is 2.05. The molecule has 0 aliphatic heterocycles. The fraction of sp³-hybridized carbons (Fsp3) is 0.188. The Labute approximate surface area is 118 Å². The standard InChI is InChI=1S/C16H15NOS/c1-3-13-10-12(11-17)4-9-16(13)19-15-7-5-14(18-2)6-8-15/h4-10H,3H2,1-2H3. The van der Waals surface area contributed by atoms with Gasteiger partial charge in [-0.3, -0.25) is 0 Å². The Hall–Kier alpha value is -1.92. The Morgan fingerprint density at radius 3 is 2.47 bits per heavy atom. The zero-order valence-corrected chi connectivity index (χ0v) is 11.8. The molecule has 0 spiro atoms. The zero-order valence-electron chi connectivity index (χ0n) is 11.0. The van der Waals surface area contributed by atoms with Crippen LogP contribution in [0.1, 0.15) is 18.1 Å². The van der Waals surface area contributed by atoms with E-state index in [0.717, 1.165) is 17.7 Å². The predicted octanol–water partition coefficient (Wildman–Crippen LogP) is 4.28. The largest absolute Gasteiger partial charge is 0.497 e. The van der Waals surface area contributed by atoms with E-state index in [4.69, 9.17) is 10.00 Å². The van der Waals surface area contributed by atoms with E-state index >= 15 is 0 Å². The first-order valence-electron chi connectivity index (χ1n) is 6.11. The molecule has 0 saturated carbocycles. The van der Waals surface area contributed by atoms with Crippen LogP contribution in [0.4, 0.5) is 0 Å². The van der Waals surface area contributed by atoms with Crippen molar-refractivity contribution in [2.75, 3.05) is 7.11 Å². The summed E-state index contributed by atoms with van der Waals surface area (Å²) in [6.07, 6.45) is 0.925. The quantitative estimate of drug-likeness (QED) is 0.830. The minimum absolute atomic E-state index is 0.718. The van der Waals surface area contributed by atoms with Crippen molar-refractivity contribution in [2.45, 2.75) is 23.1 Å². The van der Waals surface area contributed by atoms with Crippen molar-refractivity contribution in [1.29, 1.82) is 5.26 Å². The number of nitriles is 1. The lowest BCUT2D eigenvalue weighted by molar-refractivity contribution is 0.414. The third-order valence-electron chi connectivity index (χ3n) is 2.86. The van der Waals surface area contributed by atoms with Crippen LogP contribution >= 0.6 is 11.8 Å². The van der Waals surface area contributed by atoms with Crippen molar-refractivity contribution in [2.24, 2.45) is 0 Å². The number of hydrogen-bond acceptors (Lipinski definition) is 3. The number of ether oxygens (including phenoxy) is 1. The second-order valence-electron chi connectivity index (χ2n) is 4.07. The molecule has 0 bridgehead atoms. The molecule has 0 amide bonds. The molecule has 0 unspecified atom stereocenters. The number of aryl methyl sites for hydroxylation is 1. The smallest absolute Gasteiger partial charge is 0.118 e. The lowest BCUT2D eigenvalue weighted by atomic mass is 10.1. The van der Waals surface area contributed by atoms with Crippen LogP contribution in [0, 0.1) is 11.3 Å². The molecule has 2 nitrogen and oxygen atoms in total. The van der Waals surface area contributed by atoms with E-state index in [-0.39, 0.29) is 0 Å². The van der Waals surface area contributed by atoms with Crippen molar-refractivity contribution in [1.82, 2.24) is 0 Å². The highest BCUT2D eigenvalue weighted by atomic mass is 32.2. The van der Waals surface area contributed by atoms with Crippen LogP contribution in [0.15, 0.2) is 52.3 Å². The molecular weight excluding hydrogens is 254 g/mol. The van der Waals surface area contributed by atoms with E-state index in [1.165, 1.54) is 15.4 Å². The first kappa shape index (κ1) is 13.5. The van der Waals surface area contributed by atoms with Crippen LogP contribution in [-0.4, -0.2) is 7.11 Å². The van der Waals surface area contributed by atoms with Crippen molar-refractivity contribution in [3.8, 4) is 11.8 Å². The van der Waals surface area contributed by atoms with E-state index in [1.54, 1.807) is 18.9 Å². The van der Waals surface area contributed by atoms with Gasteiger partial charge in [-0.05, 0) is 54.4 Å². The average Bonchev–Trinajstić information content (AvgIpc) is 2.48. The van der Waals surface area contributed by atoms with E-state index in [0.29, 0.717) is 0 Å². The highest BCUT2D eigenvalue weighted by molar-refractivity contribution is 7.99. The molecule has 96 valence electrons. The first-order valence-corrected chi connectivity index (χ1v) is 6.93. The zero-order chi connectivity index (χ0) is 13.7. The Balaban J connectivity index is 2.24. The third kappa shape index (κ3) is 3.30. The normalized spacial score (nSPS) is 9.95. The number of nitrogens with zero attached hydrogens (tertiary/aromatic N) is 1. The van der Waals surface area contributed by atoms with E-state index < -0.39 is 0 Å². The molecule has 0 aromatic heterocycles. The van der Waals surface area contributed by atoms with Gasteiger partial charge in [-0.2, -0.15) is 5.26 Å². The maximum absolute atomic E-state index is 8.93. The average molecular weight is 269 g/mol. The minimum Gasteiger partial charge on any atom is -0.497 e.